The Hall–Kier alpha value is -4.22. The minimum absolute atomic E-state index is 0.0250. The maximum atomic E-state index is 11.9. The van der Waals surface area contributed by atoms with Crippen LogP contribution in [0.25, 0.3) is 0 Å². The van der Waals surface area contributed by atoms with E-state index in [-0.39, 0.29) is 30.2 Å². The summed E-state index contributed by atoms with van der Waals surface area (Å²) in [4.78, 5) is 65.3. The predicted octanol–water partition coefficient (Wildman–Crippen LogP) is -2.14. The van der Waals surface area contributed by atoms with E-state index in [0.717, 1.165) is 0 Å². The molecule has 0 fully saturated rings. The third-order valence-electron chi connectivity index (χ3n) is 3.37. The topological polar surface area (TPSA) is 206 Å². The number of H-pyrrole nitrogens is 2. The van der Waals surface area contributed by atoms with Crippen molar-refractivity contribution < 1.29 is 14.4 Å². The molecule has 2 aromatic heterocycles. The van der Waals surface area contributed by atoms with Crippen molar-refractivity contribution in [3.63, 3.8) is 0 Å². The maximum Gasteiger partial charge on any atom is 0.326 e. The first-order valence-electron chi connectivity index (χ1n) is 7.90. The predicted molar refractivity (Wildman–Crippen MR) is 98.7 cm³/mol. The van der Waals surface area contributed by atoms with Gasteiger partial charge in [0.2, 0.25) is 0 Å². The number of primary amides is 1. The van der Waals surface area contributed by atoms with E-state index in [1.807, 2.05) is 4.98 Å². The molecule has 0 saturated heterocycles. The first-order valence-corrected chi connectivity index (χ1v) is 7.90. The number of nitrogens with two attached hydrogens (primary N) is 2. The van der Waals surface area contributed by atoms with Crippen LogP contribution in [0.1, 0.15) is 31.5 Å². The quantitative estimate of drug-likeness (QED) is 0.290. The van der Waals surface area contributed by atoms with Crippen molar-refractivity contribution in [1.82, 2.24) is 25.6 Å². The van der Waals surface area contributed by atoms with E-state index in [4.69, 9.17) is 11.5 Å². The lowest BCUT2D eigenvalue weighted by Gasteiger charge is -2.04. The molecule has 0 aliphatic heterocycles. The Balaban J connectivity index is 1.83. The van der Waals surface area contributed by atoms with Crippen molar-refractivity contribution in [1.29, 1.82) is 0 Å². The smallest absolute Gasteiger partial charge is 0.326 e. The van der Waals surface area contributed by atoms with Crippen LogP contribution in [-0.4, -0.2) is 45.8 Å². The molecular weight excluding hydrogens is 370 g/mol. The fourth-order valence-corrected chi connectivity index (χ4v) is 2.02. The highest BCUT2D eigenvalue weighted by molar-refractivity contribution is 5.97. The SMILES string of the molecule is NC(=O)c1cccc(C(=O)NC/C=C/CNC(=O)c2[nH]c(=O)[nH]c(=O)c2N)n1. The number of aromatic amines is 2. The zero-order valence-corrected chi connectivity index (χ0v) is 14.4. The normalized spacial score (nSPS) is 10.6. The van der Waals surface area contributed by atoms with Crippen molar-refractivity contribution in [3.05, 3.63) is 68.3 Å². The van der Waals surface area contributed by atoms with E-state index in [1.165, 1.54) is 24.3 Å². The van der Waals surface area contributed by atoms with Gasteiger partial charge in [0.05, 0.1) is 0 Å². The van der Waals surface area contributed by atoms with Crippen LogP contribution in [0, 0.1) is 0 Å². The molecule has 0 bridgehead atoms. The van der Waals surface area contributed by atoms with Gasteiger partial charge in [-0.05, 0) is 12.1 Å². The molecule has 12 nitrogen and oxygen atoms in total. The summed E-state index contributed by atoms with van der Waals surface area (Å²) >= 11 is 0. The van der Waals surface area contributed by atoms with E-state index in [1.54, 1.807) is 6.08 Å². The summed E-state index contributed by atoms with van der Waals surface area (Å²) < 4.78 is 0. The third-order valence-corrected chi connectivity index (χ3v) is 3.37. The molecule has 28 heavy (non-hydrogen) atoms. The zero-order chi connectivity index (χ0) is 20.7. The van der Waals surface area contributed by atoms with Crippen LogP contribution in [0.2, 0.25) is 0 Å². The van der Waals surface area contributed by atoms with Crippen LogP contribution in [0.4, 0.5) is 5.69 Å². The molecule has 146 valence electrons. The highest BCUT2D eigenvalue weighted by Crippen LogP contribution is 1.99. The molecular formula is C16H17N7O5. The molecule has 0 saturated carbocycles. The lowest BCUT2D eigenvalue weighted by atomic mass is 10.3. The summed E-state index contributed by atoms with van der Waals surface area (Å²) in [5, 5.41) is 4.97. The molecule has 0 aliphatic rings. The number of anilines is 1. The van der Waals surface area contributed by atoms with E-state index < -0.39 is 34.7 Å². The fourth-order valence-electron chi connectivity index (χ4n) is 2.02. The number of nitrogens with one attached hydrogen (secondary N) is 4. The largest absolute Gasteiger partial charge is 0.392 e. The van der Waals surface area contributed by atoms with Gasteiger partial charge in [-0.3, -0.25) is 24.2 Å². The summed E-state index contributed by atoms with van der Waals surface area (Å²) in [5.41, 5.74) is 8.11. The van der Waals surface area contributed by atoms with Crippen molar-refractivity contribution in [2.75, 3.05) is 18.8 Å². The van der Waals surface area contributed by atoms with Gasteiger partial charge in [0.15, 0.2) is 0 Å². The van der Waals surface area contributed by atoms with Crippen molar-refractivity contribution in [2.24, 2.45) is 5.73 Å². The third kappa shape index (κ3) is 5.14. The van der Waals surface area contributed by atoms with Crippen LogP contribution >= 0.6 is 0 Å². The molecule has 2 rings (SSSR count). The Morgan fingerprint density at radius 2 is 1.61 bits per heavy atom. The molecule has 0 atom stereocenters. The lowest BCUT2D eigenvalue weighted by Crippen LogP contribution is -2.33. The monoisotopic (exact) mass is 387 g/mol. The Labute approximate surface area is 157 Å². The summed E-state index contributed by atoms with van der Waals surface area (Å²) in [7, 11) is 0. The van der Waals surface area contributed by atoms with Gasteiger partial charge >= 0.3 is 5.69 Å². The summed E-state index contributed by atoms with van der Waals surface area (Å²) in [5.74, 6) is -1.99. The van der Waals surface area contributed by atoms with Crippen LogP contribution in [0.15, 0.2) is 39.9 Å². The van der Waals surface area contributed by atoms with Crippen LogP contribution in [0.3, 0.4) is 0 Å². The number of rotatable bonds is 7. The van der Waals surface area contributed by atoms with Gasteiger partial charge in [0.25, 0.3) is 23.3 Å². The van der Waals surface area contributed by atoms with E-state index in [2.05, 4.69) is 20.6 Å². The van der Waals surface area contributed by atoms with E-state index in [9.17, 15) is 24.0 Å². The number of aromatic nitrogens is 3. The highest BCUT2D eigenvalue weighted by Gasteiger charge is 2.13. The van der Waals surface area contributed by atoms with Gasteiger partial charge < -0.3 is 27.1 Å². The van der Waals surface area contributed by atoms with Crippen LogP contribution < -0.4 is 33.3 Å². The van der Waals surface area contributed by atoms with Gasteiger partial charge in [0, 0.05) is 13.1 Å². The van der Waals surface area contributed by atoms with Crippen LogP contribution in [0.5, 0.6) is 0 Å². The average molecular weight is 387 g/mol. The minimum atomic E-state index is -0.860. The molecule has 2 heterocycles. The van der Waals surface area contributed by atoms with Gasteiger partial charge in [-0.1, -0.05) is 18.2 Å². The fraction of sp³-hybridized carbons (Fsp3) is 0.125. The molecule has 8 N–H and O–H groups in total. The molecule has 0 unspecified atom stereocenters. The first-order chi connectivity index (χ1) is 13.3. The van der Waals surface area contributed by atoms with Crippen molar-refractivity contribution >= 4 is 23.4 Å². The van der Waals surface area contributed by atoms with E-state index >= 15 is 0 Å². The number of hydrogen-bond acceptors (Lipinski definition) is 7. The molecule has 12 heteroatoms. The zero-order valence-electron chi connectivity index (χ0n) is 14.4. The summed E-state index contributed by atoms with van der Waals surface area (Å²) in [6, 6.07) is 4.30. The number of nitrogens with zero attached hydrogens (tertiary/aromatic N) is 1. The van der Waals surface area contributed by atoms with Crippen LogP contribution in [-0.2, 0) is 0 Å². The molecule has 3 amide bonds. The second-order valence-corrected chi connectivity index (χ2v) is 5.36. The Morgan fingerprint density at radius 1 is 1.00 bits per heavy atom. The number of pyridine rings is 1. The highest BCUT2D eigenvalue weighted by atomic mass is 16.2. The molecule has 0 spiro atoms. The second kappa shape index (κ2) is 8.93. The maximum absolute atomic E-state index is 11.9. The number of nitrogen functional groups attached to an aromatic ring is 1. The average Bonchev–Trinajstić information content (AvgIpc) is 2.67. The first kappa shape index (κ1) is 20.1. The minimum Gasteiger partial charge on any atom is -0.392 e. The summed E-state index contributed by atoms with van der Waals surface area (Å²) in [6.07, 6.45) is 3.09. The summed E-state index contributed by atoms with van der Waals surface area (Å²) in [6.45, 7) is 0.180. The second-order valence-electron chi connectivity index (χ2n) is 5.36. The van der Waals surface area contributed by atoms with Crippen molar-refractivity contribution in [3.8, 4) is 0 Å². The number of hydrogen-bond donors (Lipinski definition) is 6. The molecule has 0 aromatic carbocycles. The van der Waals surface area contributed by atoms with Gasteiger partial charge in [0.1, 0.15) is 22.8 Å². The lowest BCUT2D eigenvalue weighted by molar-refractivity contribution is 0.0942. The number of carbonyl (C=O) groups is 3. The van der Waals surface area contributed by atoms with Gasteiger partial charge in [-0.15, -0.1) is 0 Å². The van der Waals surface area contributed by atoms with Gasteiger partial charge in [-0.2, -0.15) is 0 Å². The van der Waals surface area contributed by atoms with Crippen molar-refractivity contribution in [2.45, 2.75) is 0 Å². The molecule has 2 aromatic rings. The Kier molecular flexibility index (Phi) is 6.41. The van der Waals surface area contributed by atoms with Gasteiger partial charge in [-0.25, -0.2) is 9.78 Å². The number of carbonyl (C=O) groups excluding carboxylic acids is 3. The molecule has 0 radical (unpaired) electrons. The number of amides is 3. The molecule has 0 aliphatic carbocycles. The van der Waals surface area contributed by atoms with E-state index in [0.29, 0.717) is 0 Å². The Bertz CT molecular complexity index is 1050. The standard InChI is InChI=1S/C16H17N7O5/c17-10-11(22-16(28)23-14(10)26)15(27)20-7-2-1-6-19-13(25)9-5-3-4-8(21-9)12(18)24/h1-5H,6-7,17H2,(H2,18,24)(H,19,25)(H,20,27)(H2,22,23,26,28)/b2-1+. The Morgan fingerprint density at radius 3 is 2.25 bits per heavy atom.